The molecule has 0 bridgehead atoms. The van der Waals surface area contributed by atoms with Crippen molar-refractivity contribution < 1.29 is 47.5 Å². The number of nitrogens with two attached hydrogens (primary N) is 1. The minimum absolute atomic E-state index is 0.170. The van der Waals surface area contributed by atoms with E-state index in [1.165, 1.54) is 205 Å². The zero-order chi connectivity index (χ0) is 47.0. The molecule has 0 aliphatic heterocycles. The van der Waals surface area contributed by atoms with Crippen LogP contribution in [0.25, 0.3) is 0 Å². The molecule has 0 saturated carbocycles. The predicted octanol–water partition coefficient (Wildman–Crippen LogP) is 15.4. The molecule has 0 fully saturated rings. The number of hydrogen-bond acceptors (Lipinski definition) is 9. The number of unbranched alkanes of at least 4 members (excludes halogenated alkanes) is 38. The first-order chi connectivity index (χ1) is 31.1. The molecule has 0 heterocycles. The Morgan fingerprint density at radius 1 is 0.422 bits per heavy atom. The molecule has 380 valence electrons. The van der Waals surface area contributed by atoms with Crippen LogP contribution >= 0.6 is 7.82 Å². The standard InChI is InChI=1S/C52H102NO10P/c1-3-5-7-9-11-13-15-17-19-21-23-24-25-26-28-29-31-33-35-37-39-41-43-50(54)60-45-48(46-61-64(58,59)62-47-49(53)52(56)57)63-51(55)44-42-40-38-36-34-32-30-27-22-20-18-16-14-12-10-8-6-4-2/h48-49H,3-47,53H2,1-2H3,(H,56,57)(H,58,59)/t48-,49+/m0/s1. The van der Waals surface area contributed by atoms with Crippen LogP contribution in [0.1, 0.15) is 284 Å². The van der Waals surface area contributed by atoms with E-state index in [2.05, 4.69) is 13.8 Å². The van der Waals surface area contributed by atoms with Gasteiger partial charge in [-0.15, -0.1) is 0 Å². The van der Waals surface area contributed by atoms with Crippen LogP contribution < -0.4 is 5.73 Å². The molecule has 0 spiro atoms. The zero-order valence-corrected chi connectivity index (χ0v) is 42.6. The minimum Gasteiger partial charge on any atom is -0.480 e. The van der Waals surface area contributed by atoms with Crippen LogP contribution in [-0.2, 0) is 37.5 Å². The number of carboxylic acids is 1. The molecular weight excluding hydrogens is 830 g/mol. The number of carbonyl (C=O) groups is 3. The Labute approximate surface area is 393 Å². The van der Waals surface area contributed by atoms with Crippen LogP contribution in [-0.4, -0.2) is 59.9 Å². The molecule has 0 rings (SSSR count). The van der Waals surface area contributed by atoms with E-state index < -0.39 is 51.1 Å². The second kappa shape index (κ2) is 48.0. The number of aliphatic carboxylic acids is 1. The smallest absolute Gasteiger partial charge is 0.472 e. The quantitative estimate of drug-likeness (QED) is 0.0301. The predicted molar refractivity (Wildman–Crippen MR) is 263 cm³/mol. The molecule has 0 aromatic heterocycles. The van der Waals surface area contributed by atoms with E-state index in [0.717, 1.165) is 38.5 Å². The van der Waals surface area contributed by atoms with Crippen molar-refractivity contribution in [3.8, 4) is 0 Å². The Morgan fingerprint density at radius 2 is 0.688 bits per heavy atom. The molecule has 0 aromatic carbocycles. The summed E-state index contributed by atoms with van der Waals surface area (Å²) >= 11 is 0. The summed E-state index contributed by atoms with van der Waals surface area (Å²) in [6.07, 6.45) is 50.3. The monoisotopic (exact) mass is 932 g/mol. The molecule has 0 saturated heterocycles. The van der Waals surface area contributed by atoms with Gasteiger partial charge in [-0.25, -0.2) is 4.57 Å². The first-order valence-electron chi connectivity index (χ1n) is 27.1. The van der Waals surface area contributed by atoms with E-state index in [1.54, 1.807) is 0 Å². The van der Waals surface area contributed by atoms with Crippen molar-refractivity contribution in [1.29, 1.82) is 0 Å². The molecule has 0 aliphatic carbocycles. The van der Waals surface area contributed by atoms with Gasteiger partial charge in [0.05, 0.1) is 13.2 Å². The van der Waals surface area contributed by atoms with Crippen molar-refractivity contribution in [2.45, 2.75) is 296 Å². The number of phosphoric acid groups is 1. The van der Waals surface area contributed by atoms with E-state index >= 15 is 0 Å². The molecule has 4 N–H and O–H groups in total. The topological polar surface area (TPSA) is 172 Å². The minimum atomic E-state index is -4.71. The van der Waals surface area contributed by atoms with E-state index in [1.807, 2.05) is 0 Å². The lowest BCUT2D eigenvalue weighted by Gasteiger charge is -2.20. The maximum Gasteiger partial charge on any atom is 0.472 e. The molecule has 0 aliphatic rings. The Morgan fingerprint density at radius 3 is 0.984 bits per heavy atom. The lowest BCUT2D eigenvalue weighted by molar-refractivity contribution is -0.161. The fraction of sp³-hybridized carbons (Fsp3) is 0.942. The van der Waals surface area contributed by atoms with E-state index in [9.17, 15) is 23.8 Å². The van der Waals surface area contributed by atoms with Gasteiger partial charge in [0, 0.05) is 12.8 Å². The van der Waals surface area contributed by atoms with Crippen molar-refractivity contribution in [1.82, 2.24) is 0 Å². The van der Waals surface area contributed by atoms with Gasteiger partial charge in [-0.05, 0) is 12.8 Å². The van der Waals surface area contributed by atoms with Crippen LogP contribution in [0.3, 0.4) is 0 Å². The molecule has 3 atom stereocenters. The van der Waals surface area contributed by atoms with Gasteiger partial charge in [0.15, 0.2) is 6.10 Å². The second-order valence-electron chi connectivity index (χ2n) is 18.7. The number of phosphoric ester groups is 1. The highest BCUT2D eigenvalue weighted by molar-refractivity contribution is 7.47. The average molecular weight is 932 g/mol. The highest BCUT2D eigenvalue weighted by atomic mass is 31.2. The van der Waals surface area contributed by atoms with Gasteiger partial charge in [0.1, 0.15) is 12.6 Å². The summed E-state index contributed by atoms with van der Waals surface area (Å²) in [6.45, 7) is 2.88. The van der Waals surface area contributed by atoms with Gasteiger partial charge in [0.25, 0.3) is 0 Å². The van der Waals surface area contributed by atoms with Crippen LogP contribution in [0.2, 0.25) is 0 Å². The fourth-order valence-corrected chi connectivity index (χ4v) is 8.91. The van der Waals surface area contributed by atoms with Gasteiger partial charge in [-0.2, -0.15) is 0 Å². The third kappa shape index (κ3) is 47.0. The summed E-state index contributed by atoms with van der Waals surface area (Å²) in [4.78, 5) is 46.2. The highest BCUT2D eigenvalue weighted by Crippen LogP contribution is 2.43. The zero-order valence-electron chi connectivity index (χ0n) is 41.7. The summed E-state index contributed by atoms with van der Waals surface area (Å²) in [7, 11) is -4.71. The summed E-state index contributed by atoms with van der Waals surface area (Å²) in [5.41, 5.74) is 5.36. The maximum atomic E-state index is 12.7. The third-order valence-electron chi connectivity index (χ3n) is 12.4. The first-order valence-corrected chi connectivity index (χ1v) is 28.6. The molecule has 0 radical (unpaired) electrons. The normalized spacial score (nSPS) is 13.4. The molecule has 1 unspecified atom stereocenters. The maximum absolute atomic E-state index is 12.7. The molecule has 0 aromatic rings. The van der Waals surface area contributed by atoms with Gasteiger partial charge in [-0.1, -0.05) is 258 Å². The van der Waals surface area contributed by atoms with E-state index in [-0.39, 0.29) is 19.4 Å². The number of carbonyl (C=O) groups excluding carboxylic acids is 2. The van der Waals surface area contributed by atoms with Gasteiger partial charge in [-0.3, -0.25) is 23.4 Å². The van der Waals surface area contributed by atoms with E-state index in [4.69, 9.17) is 29.4 Å². The van der Waals surface area contributed by atoms with Crippen LogP contribution in [0.5, 0.6) is 0 Å². The molecule has 11 nitrogen and oxygen atoms in total. The molecule has 64 heavy (non-hydrogen) atoms. The van der Waals surface area contributed by atoms with Gasteiger partial charge < -0.3 is 25.2 Å². The van der Waals surface area contributed by atoms with Crippen LogP contribution in [0.15, 0.2) is 0 Å². The third-order valence-corrected chi connectivity index (χ3v) is 13.3. The lowest BCUT2D eigenvalue weighted by Crippen LogP contribution is -2.34. The van der Waals surface area contributed by atoms with Crippen LogP contribution in [0, 0.1) is 0 Å². The number of esters is 2. The molecule has 0 amide bonds. The second-order valence-corrected chi connectivity index (χ2v) is 20.2. The lowest BCUT2D eigenvalue weighted by atomic mass is 10.0. The highest BCUT2D eigenvalue weighted by Gasteiger charge is 2.28. The van der Waals surface area contributed by atoms with Crippen molar-refractivity contribution in [3.05, 3.63) is 0 Å². The van der Waals surface area contributed by atoms with Gasteiger partial charge in [0.2, 0.25) is 0 Å². The van der Waals surface area contributed by atoms with Crippen molar-refractivity contribution in [3.63, 3.8) is 0 Å². The summed E-state index contributed by atoms with van der Waals surface area (Å²) < 4.78 is 32.9. The Bertz CT molecular complexity index is 1090. The summed E-state index contributed by atoms with van der Waals surface area (Å²) in [5, 5.41) is 8.93. The number of hydrogen-bond donors (Lipinski definition) is 3. The summed E-state index contributed by atoms with van der Waals surface area (Å²) in [5.74, 6) is -2.35. The molecular formula is C52H102NO10P. The molecule has 12 heteroatoms. The van der Waals surface area contributed by atoms with Crippen molar-refractivity contribution in [2.24, 2.45) is 5.73 Å². The van der Waals surface area contributed by atoms with Crippen molar-refractivity contribution in [2.75, 3.05) is 19.8 Å². The number of rotatable bonds is 52. The van der Waals surface area contributed by atoms with Gasteiger partial charge >= 0.3 is 25.7 Å². The number of carboxylic acid groups (broad SMARTS) is 1. The number of ether oxygens (including phenoxy) is 2. The SMILES string of the molecule is CCCCCCCCCCCCCCCCCCCCCCCCC(=O)OC[C@@H](COP(=O)(O)OC[C@@H](N)C(=O)O)OC(=O)CCCCCCCCCCCCCCCCCCCC. The average Bonchev–Trinajstić information content (AvgIpc) is 3.27. The Hall–Kier alpha value is -1.52. The van der Waals surface area contributed by atoms with Crippen molar-refractivity contribution >= 4 is 25.7 Å². The fourth-order valence-electron chi connectivity index (χ4n) is 8.13. The Balaban J connectivity index is 4.14. The Kier molecular flexibility index (Phi) is 46.8. The summed E-state index contributed by atoms with van der Waals surface area (Å²) in [6, 6.07) is -1.52. The van der Waals surface area contributed by atoms with E-state index in [0.29, 0.717) is 12.8 Å². The largest absolute Gasteiger partial charge is 0.480 e. The van der Waals surface area contributed by atoms with Crippen LogP contribution in [0.4, 0.5) is 0 Å². The first kappa shape index (κ1) is 62.5.